The van der Waals surface area contributed by atoms with E-state index in [0.717, 1.165) is 11.3 Å². The topological polar surface area (TPSA) is 122 Å². The van der Waals surface area contributed by atoms with Gasteiger partial charge in [0, 0.05) is 11.3 Å². The Morgan fingerprint density at radius 3 is 2.94 bits per heavy atom. The van der Waals surface area contributed by atoms with Crippen LogP contribution < -0.4 is 16.6 Å². The number of nitrogens with zero attached hydrogens (tertiary/aromatic N) is 3. The van der Waals surface area contributed by atoms with Crippen molar-refractivity contribution in [3.8, 4) is 0 Å². The number of nitrogens with two attached hydrogens (primary N) is 1. The van der Waals surface area contributed by atoms with Crippen molar-refractivity contribution >= 4 is 11.6 Å². The van der Waals surface area contributed by atoms with Crippen LogP contribution in [-0.4, -0.2) is 26.5 Å². The molecule has 0 bridgehead atoms. The van der Waals surface area contributed by atoms with Crippen LogP contribution in [0.15, 0.2) is 18.2 Å². The maximum absolute atomic E-state index is 11.9. The van der Waals surface area contributed by atoms with Gasteiger partial charge >= 0.3 is 0 Å². The molecular formula is C10H13N7O. The number of tetrazole rings is 1. The van der Waals surface area contributed by atoms with Crippen molar-refractivity contribution in [1.29, 1.82) is 0 Å². The number of hydrogen-bond acceptors (Lipinski definition) is 6. The summed E-state index contributed by atoms with van der Waals surface area (Å²) >= 11 is 0. The Hall–Kier alpha value is -2.48. The lowest BCUT2D eigenvalue weighted by molar-refractivity contribution is 0.0949. The van der Waals surface area contributed by atoms with Gasteiger partial charge < -0.3 is 10.7 Å². The van der Waals surface area contributed by atoms with Crippen LogP contribution >= 0.6 is 0 Å². The fourth-order valence-corrected chi connectivity index (χ4v) is 1.52. The fraction of sp³-hybridized carbons (Fsp3) is 0.200. The minimum atomic E-state index is -0.194. The molecule has 8 nitrogen and oxygen atoms in total. The highest BCUT2D eigenvalue weighted by atomic mass is 16.1. The van der Waals surface area contributed by atoms with Crippen molar-refractivity contribution < 1.29 is 4.79 Å². The molecule has 0 aliphatic heterocycles. The number of hydrazine groups is 1. The number of carbonyl (C=O) groups excluding carboxylic acids is 1. The number of anilines is 1. The van der Waals surface area contributed by atoms with Crippen LogP contribution in [0.2, 0.25) is 0 Å². The Bertz CT molecular complexity index is 537. The molecular weight excluding hydrogens is 234 g/mol. The smallest absolute Gasteiger partial charge is 0.251 e. The molecule has 2 aromatic rings. The molecule has 18 heavy (non-hydrogen) atoms. The molecule has 1 aromatic carbocycles. The maximum Gasteiger partial charge on any atom is 0.251 e. The molecule has 0 aliphatic carbocycles. The molecule has 1 heterocycles. The van der Waals surface area contributed by atoms with Gasteiger partial charge in [-0.2, -0.15) is 5.21 Å². The largest absolute Gasteiger partial charge is 0.345 e. The second-order valence-corrected chi connectivity index (χ2v) is 3.68. The molecule has 0 saturated heterocycles. The standard InChI is InChI=1S/C10H13N7O/c1-6-4-7(13-11)2-3-8(6)10(18)12-5-9-14-16-17-15-9/h2-4,13H,5,11H2,1H3,(H,12,18)(H,14,15,16,17). The highest BCUT2D eigenvalue weighted by Gasteiger charge is 2.10. The first kappa shape index (κ1) is 12.0. The number of aromatic amines is 1. The first-order valence-corrected chi connectivity index (χ1v) is 5.28. The van der Waals surface area contributed by atoms with Crippen LogP contribution in [0.25, 0.3) is 0 Å². The lowest BCUT2D eigenvalue weighted by Crippen LogP contribution is -2.24. The van der Waals surface area contributed by atoms with Gasteiger partial charge in [0.05, 0.1) is 6.54 Å². The summed E-state index contributed by atoms with van der Waals surface area (Å²) in [5.41, 5.74) is 4.69. The molecule has 0 unspecified atom stereocenters. The summed E-state index contributed by atoms with van der Waals surface area (Å²) in [5.74, 6) is 5.53. The molecule has 0 fully saturated rings. The third kappa shape index (κ3) is 2.61. The molecule has 1 amide bonds. The van der Waals surface area contributed by atoms with Crippen LogP contribution in [0.3, 0.4) is 0 Å². The fourth-order valence-electron chi connectivity index (χ4n) is 1.52. The van der Waals surface area contributed by atoms with Gasteiger partial charge in [0.1, 0.15) is 0 Å². The first-order chi connectivity index (χ1) is 8.70. The van der Waals surface area contributed by atoms with Crippen LogP contribution in [0.1, 0.15) is 21.7 Å². The third-order valence-corrected chi connectivity index (χ3v) is 2.43. The average Bonchev–Trinajstić information content (AvgIpc) is 2.88. The summed E-state index contributed by atoms with van der Waals surface area (Å²) < 4.78 is 0. The second kappa shape index (κ2) is 5.23. The molecule has 94 valence electrons. The Morgan fingerprint density at radius 1 is 1.50 bits per heavy atom. The van der Waals surface area contributed by atoms with Crippen molar-refractivity contribution in [3.63, 3.8) is 0 Å². The summed E-state index contributed by atoms with van der Waals surface area (Å²) in [5, 5.41) is 15.9. The molecule has 1 aromatic heterocycles. The molecule has 8 heteroatoms. The number of nitrogens with one attached hydrogen (secondary N) is 3. The summed E-state index contributed by atoms with van der Waals surface area (Å²) in [4.78, 5) is 11.9. The van der Waals surface area contributed by atoms with E-state index in [9.17, 15) is 4.79 Å². The highest BCUT2D eigenvalue weighted by Crippen LogP contribution is 2.14. The molecule has 5 N–H and O–H groups in total. The molecule has 2 rings (SSSR count). The van der Waals surface area contributed by atoms with Crippen LogP contribution in [-0.2, 0) is 6.54 Å². The quantitative estimate of drug-likeness (QED) is 0.435. The lowest BCUT2D eigenvalue weighted by atomic mass is 10.1. The zero-order chi connectivity index (χ0) is 13.0. The molecule has 0 saturated carbocycles. The van der Waals surface area contributed by atoms with Crippen molar-refractivity contribution in [1.82, 2.24) is 25.9 Å². The van der Waals surface area contributed by atoms with E-state index in [1.54, 1.807) is 18.2 Å². The number of aromatic nitrogens is 4. The minimum absolute atomic E-state index is 0.194. The van der Waals surface area contributed by atoms with E-state index in [1.165, 1.54) is 0 Å². The molecule has 0 spiro atoms. The normalized spacial score (nSPS) is 10.1. The molecule has 0 atom stereocenters. The zero-order valence-corrected chi connectivity index (χ0v) is 9.77. The van der Waals surface area contributed by atoms with Crippen LogP contribution in [0, 0.1) is 6.92 Å². The van der Waals surface area contributed by atoms with E-state index in [2.05, 4.69) is 31.4 Å². The van der Waals surface area contributed by atoms with Crippen molar-refractivity contribution in [2.45, 2.75) is 13.5 Å². The van der Waals surface area contributed by atoms with E-state index in [0.29, 0.717) is 11.4 Å². The number of amides is 1. The van der Waals surface area contributed by atoms with Crippen molar-refractivity contribution in [3.05, 3.63) is 35.2 Å². The number of benzene rings is 1. The maximum atomic E-state index is 11.9. The number of rotatable bonds is 4. The van der Waals surface area contributed by atoms with Gasteiger partial charge in [0.25, 0.3) is 5.91 Å². The predicted octanol–water partition coefficient (Wildman–Crippen LogP) is -0.276. The predicted molar refractivity (Wildman–Crippen MR) is 64.3 cm³/mol. The van der Waals surface area contributed by atoms with Crippen LogP contribution in [0.4, 0.5) is 5.69 Å². The Morgan fingerprint density at radius 2 is 2.33 bits per heavy atom. The summed E-state index contributed by atoms with van der Waals surface area (Å²) in [6.45, 7) is 2.07. The molecule has 0 aliphatic rings. The Balaban J connectivity index is 2.04. The van der Waals surface area contributed by atoms with Gasteiger partial charge in [-0.05, 0) is 30.7 Å². The van der Waals surface area contributed by atoms with Gasteiger partial charge in [-0.3, -0.25) is 10.6 Å². The number of nitrogen functional groups attached to an aromatic ring is 1. The molecule has 0 radical (unpaired) electrons. The van der Waals surface area contributed by atoms with Crippen molar-refractivity contribution in [2.24, 2.45) is 5.84 Å². The monoisotopic (exact) mass is 247 g/mol. The lowest BCUT2D eigenvalue weighted by Gasteiger charge is -2.08. The third-order valence-electron chi connectivity index (χ3n) is 2.43. The minimum Gasteiger partial charge on any atom is -0.345 e. The first-order valence-electron chi connectivity index (χ1n) is 5.28. The number of carbonyl (C=O) groups is 1. The summed E-state index contributed by atoms with van der Waals surface area (Å²) in [6.07, 6.45) is 0. The zero-order valence-electron chi connectivity index (χ0n) is 9.77. The number of H-pyrrole nitrogens is 1. The van der Waals surface area contributed by atoms with E-state index < -0.39 is 0 Å². The van der Waals surface area contributed by atoms with Gasteiger partial charge in [-0.25, -0.2) is 0 Å². The van der Waals surface area contributed by atoms with E-state index in [1.807, 2.05) is 6.92 Å². The van der Waals surface area contributed by atoms with Crippen LogP contribution in [0.5, 0.6) is 0 Å². The second-order valence-electron chi connectivity index (χ2n) is 3.68. The van der Waals surface area contributed by atoms with Crippen molar-refractivity contribution in [2.75, 3.05) is 5.43 Å². The van der Waals surface area contributed by atoms with Gasteiger partial charge in [-0.15, -0.1) is 10.2 Å². The number of hydrogen-bond donors (Lipinski definition) is 4. The summed E-state index contributed by atoms with van der Waals surface area (Å²) in [6, 6.07) is 5.23. The average molecular weight is 247 g/mol. The van der Waals surface area contributed by atoms with E-state index in [4.69, 9.17) is 5.84 Å². The number of aryl methyl sites for hydroxylation is 1. The van der Waals surface area contributed by atoms with Gasteiger partial charge in [0.15, 0.2) is 5.82 Å². The van der Waals surface area contributed by atoms with E-state index >= 15 is 0 Å². The van der Waals surface area contributed by atoms with Gasteiger partial charge in [0.2, 0.25) is 0 Å². The highest BCUT2D eigenvalue weighted by molar-refractivity contribution is 5.95. The Labute approximate surface area is 103 Å². The summed E-state index contributed by atoms with van der Waals surface area (Å²) in [7, 11) is 0. The SMILES string of the molecule is Cc1cc(NN)ccc1C(=O)NCc1nn[nH]n1. The van der Waals surface area contributed by atoms with Gasteiger partial charge in [-0.1, -0.05) is 5.21 Å². The van der Waals surface area contributed by atoms with E-state index in [-0.39, 0.29) is 12.5 Å². The Kier molecular flexibility index (Phi) is 3.49.